The lowest BCUT2D eigenvalue weighted by molar-refractivity contribution is -0.149. The van der Waals surface area contributed by atoms with Crippen molar-refractivity contribution in [3.63, 3.8) is 0 Å². The molecule has 2 fully saturated rings. The summed E-state index contributed by atoms with van der Waals surface area (Å²) in [5.41, 5.74) is 0.617. The second kappa shape index (κ2) is 6.72. The summed E-state index contributed by atoms with van der Waals surface area (Å²) in [6.07, 6.45) is 0. The van der Waals surface area contributed by atoms with Gasteiger partial charge >= 0.3 is 5.97 Å². The molecule has 2 heterocycles. The first-order chi connectivity index (χ1) is 11.9. The van der Waals surface area contributed by atoms with E-state index in [2.05, 4.69) is 4.90 Å². The van der Waals surface area contributed by atoms with Crippen LogP contribution in [0.3, 0.4) is 0 Å². The fourth-order valence-corrected chi connectivity index (χ4v) is 4.06. The highest BCUT2D eigenvalue weighted by molar-refractivity contribution is 5.82. The third kappa shape index (κ3) is 3.26. The topological polar surface area (TPSA) is 70.1 Å². The minimum absolute atomic E-state index is 0.0268. The van der Waals surface area contributed by atoms with Crippen molar-refractivity contribution in [1.82, 2.24) is 9.80 Å². The number of likely N-dealkylation sites (tertiary alicyclic amines) is 2. The number of fused-ring (bicyclic) bond motifs is 1. The molecule has 0 radical (unpaired) electrons. The summed E-state index contributed by atoms with van der Waals surface area (Å²) in [7, 11) is 1.45. The van der Waals surface area contributed by atoms with Crippen LogP contribution < -0.4 is 0 Å². The number of ether oxygens (including phenoxy) is 1. The Kier molecular flexibility index (Phi) is 4.79. The smallest absolute Gasteiger partial charge is 0.313 e. The van der Waals surface area contributed by atoms with Crippen molar-refractivity contribution >= 4 is 11.9 Å². The Morgan fingerprint density at radius 2 is 2.12 bits per heavy atom. The second-order valence-electron chi connectivity index (χ2n) is 7.12. The summed E-state index contributed by atoms with van der Waals surface area (Å²) in [5.74, 6) is -1.37. The van der Waals surface area contributed by atoms with Gasteiger partial charge in [-0.15, -0.1) is 0 Å². The molecule has 25 heavy (non-hydrogen) atoms. The largest absolute Gasteiger partial charge is 0.481 e. The number of benzene rings is 1. The molecule has 1 amide bonds. The highest BCUT2D eigenvalue weighted by Crippen LogP contribution is 2.43. The molecule has 136 valence electrons. The lowest BCUT2D eigenvalue weighted by Crippen LogP contribution is -2.42. The quantitative estimate of drug-likeness (QED) is 0.862. The molecule has 2 aliphatic rings. The van der Waals surface area contributed by atoms with E-state index in [9.17, 15) is 19.1 Å². The van der Waals surface area contributed by atoms with Gasteiger partial charge < -0.3 is 14.7 Å². The Labute approximate surface area is 146 Å². The van der Waals surface area contributed by atoms with E-state index in [0.717, 1.165) is 5.56 Å². The number of hydrogen-bond acceptors (Lipinski definition) is 4. The van der Waals surface area contributed by atoms with Gasteiger partial charge in [-0.25, -0.2) is 4.39 Å². The van der Waals surface area contributed by atoms with Gasteiger partial charge in [0.25, 0.3) is 0 Å². The van der Waals surface area contributed by atoms with Gasteiger partial charge in [-0.1, -0.05) is 12.1 Å². The molecular formula is C18H23FN2O4. The number of rotatable bonds is 5. The minimum atomic E-state index is -0.932. The number of carboxylic acid groups (broad SMARTS) is 1. The first kappa shape index (κ1) is 17.8. The molecule has 1 N–H and O–H groups in total. The summed E-state index contributed by atoms with van der Waals surface area (Å²) in [5, 5.41) is 9.82. The highest BCUT2D eigenvalue weighted by Gasteiger charge is 2.58. The van der Waals surface area contributed by atoms with Crippen molar-refractivity contribution in [1.29, 1.82) is 0 Å². The first-order valence-electron chi connectivity index (χ1n) is 8.33. The number of carbonyl (C=O) groups is 2. The minimum Gasteiger partial charge on any atom is -0.481 e. The van der Waals surface area contributed by atoms with Crippen LogP contribution in [-0.4, -0.2) is 66.7 Å². The number of carboxylic acids is 1. The third-order valence-electron chi connectivity index (χ3n) is 5.35. The molecule has 2 aliphatic heterocycles. The van der Waals surface area contributed by atoms with Gasteiger partial charge in [0.05, 0.1) is 0 Å². The molecule has 3 rings (SSSR count). The molecule has 0 bridgehead atoms. The summed E-state index contributed by atoms with van der Waals surface area (Å²) >= 11 is 0. The Bertz CT molecular complexity index is 696. The maximum absolute atomic E-state index is 13.4. The summed E-state index contributed by atoms with van der Waals surface area (Å²) in [6, 6.07) is 4.98. The molecule has 0 aliphatic carbocycles. The zero-order valence-electron chi connectivity index (χ0n) is 14.5. The molecule has 7 heteroatoms. The monoisotopic (exact) mass is 350 g/mol. The summed E-state index contributed by atoms with van der Waals surface area (Å²) in [4.78, 5) is 27.7. The molecule has 1 aromatic rings. The van der Waals surface area contributed by atoms with E-state index < -0.39 is 11.4 Å². The molecule has 0 unspecified atom stereocenters. The molecule has 2 saturated heterocycles. The van der Waals surface area contributed by atoms with Crippen LogP contribution in [0.15, 0.2) is 18.2 Å². The highest BCUT2D eigenvalue weighted by atomic mass is 19.1. The summed E-state index contributed by atoms with van der Waals surface area (Å²) in [6.45, 7) is 3.93. The van der Waals surface area contributed by atoms with Gasteiger partial charge in [-0.2, -0.15) is 0 Å². The number of amides is 1. The zero-order valence-corrected chi connectivity index (χ0v) is 14.5. The van der Waals surface area contributed by atoms with Crippen LogP contribution >= 0.6 is 0 Å². The Hall–Kier alpha value is -1.99. The fraction of sp³-hybridized carbons (Fsp3) is 0.556. The van der Waals surface area contributed by atoms with E-state index in [4.69, 9.17) is 4.74 Å². The van der Waals surface area contributed by atoms with Crippen LogP contribution in [-0.2, 0) is 20.9 Å². The van der Waals surface area contributed by atoms with Crippen molar-refractivity contribution in [2.75, 3.05) is 39.9 Å². The van der Waals surface area contributed by atoms with Gasteiger partial charge in [0.2, 0.25) is 5.91 Å². The molecule has 2 atom stereocenters. The average Bonchev–Trinajstić information content (AvgIpc) is 3.06. The predicted molar refractivity (Wildman–Crippen MR) is 88.4 cm³/mol. The number of aliphatic carboxylic acids is 1. The molecule has 0 aromatic heterocycles. The van der Waals surface area contributed by atoms with Gasteiger partial charge in [0.15, 0.2) is 0 Å². The first-order valence-corrected chi connectivity index (χ1v) is 8.33. The van der Waals surface area contributed by atoms with Crippen LogP contribution in [0.1, 0.15) is 11.1 Å². The third-order valence-corrected chi connectivity index (χ3v) is 5.35. The summed E-state index contributed by atoms with van der Waals surface area (Å²) < 4.78 is 18.3. The predicted octanol–water partition coefficient (Wildman–Crippen LogP) is 1.13. The van der Waals surface area contributed by atoms with E-state index >= 15 is 0 Å². The molecule has 0 saturated carbocycles. The molecule has 6 nitrogen and oxygen atoms in total. The maximum atomic E-state index is 13.4. The van der Waals surface area contributed by atoms with Gasteiger partial charge in [-0.3, -0.25) is 14.5 Å². The van der Waals surface area contributed by atoms with Crippen molar-refractivity contribution < 1.29 is 23.8 Å². The average molecular weight is 350 g/mol. The van der Waals surface area contributed by atoms with Crippen LogP contribution in [0.4, 0.5) is 4.39 Å². The zero-order chi connectivity index (χ0) is 18.2. The van der Waals surface area contributed by atoms with Crippen LogP contribution in [0.5, 0.6) is 0 Å². The molecular weight excluding hydrogens is 327 g/mol. The van der Waals surface area contributed by atoms with Crippen LogP contribution in [0.2, 0.25) is 0 Å². The van der Waals surface area contributed by atoms with E-state index in [1.807, 2.05) is 0 Å². The SMILES string of the molecule is COCC(=O)N1C[C@@H]2CN(Cc3ccc(F)c(C)c3)C[C@]2(C(=O)O)C1. The van der Waals surface area contributed by atoms with E-state index in [1.54, 1.807) is 24.0 Å². The number of methoxy groups -OCH3 is 1. The van der Waals surface area contributed by atoms with Gasteiger partial charge in [0, 0.05) is 45.8 Å². The van der Waals surface area contributed by atoms with E-state index in [0.29, 0.717) is 31.7 Å². The molecule has 0 spiro atoms. The molecule has 1 aromatic carbocycles. The maximum Gasteiger partial charge on any atom is 0.313 e. The lowest BCUT2D eigenvalue weighted by atomic mass is 9.81. The van der Waals surface area contributed by atoms with E-state index in [1.165, 1.54) is 13.2 Å². The Balaban J connectivity index is 1.72. The van der Waals surface area contributed by atoms with Crippen molar-refractivity contribution in [2.45, 2.75) is 13.5 Å². The van der Waals surface area contributed by atoms with Crippen LogP contribution in [0.25, 0.3) is 0 Å². The van der Waals surface area contributed by atoms with Gasteiger partial charge in [-0.05, 0) is 24.1 Å². The normalized spacial score (nSPS) is 26.0. The Morgan fingerprint density at radius 3 is 2.72 bits per heavy atom. The van der Waals surface area contributed by atoms with Crippen molar-refractivity contribution in [3.05, 3.63) is 35.1 Å². The lowest BCUT2D eigenvalue weighted by Gasteiger charge is -2.25. The number of carbonyl (C=O) groups excluding carboxylic acids is 1. The van der Waals surface area contributed by atoms with E-state index in [-0.39, 0.29) is 30.8 Å². The Morgan fingerprint density at radius 1 is 1.36 bits per heavy atom. The van der Waals surface area contributed by atoms with Gasteiger partial charge in [0.1, 0.15) is 17.8 Å². The van der Waals surface area contributed by atoms with Crippen molar-refractivity contribution in [3.8, 4) is 0 Å². The number of nitrogens with zero attached hydrogens (tertiary/aromatic N) is 2. The van der Waals surface area contributed by atoms with Crippen LogP contribution in [0, 0.1) is 24.1 Å². The fourth-order valence-electron chi connectivity index (χ4n) is 4.06. The standard InChI is InChI=1S/C18H23FN2O4/c1-12-5-13(3-4-15(12)19)6-20-7-14-8-21(16(22)9-25-2)11-18(14,10-20)17(23)24/h3-5,14H,6-11H2,1-2H3,(H,23,24)/t14-,18-/m0/s1. The van der Waals surface area contributed by atoms with Crippen molar-refractivity contribution in [2.24, 2.45) is 11.3 Å². The number of halogens is 1. The second-order valence-corrected chi connectivity index (χ2v) is 7.12. The number of aryl methyl sites for hydroxylation is 1. The number of hydrogen-bond donors (Lipinski definition) is 1.